The summed E-state index contributed by atoms with van der Waals surface area (Å²) in [7, 11) is 0. The zero-order valence-corrected chi connectivity index (χ0v) is 34.5. The van der Waals surface area contributed by atoms with E-state index in [0.29, 0.717) is 0 Å². The molecule has 1 aliphatic rings. The first-order valence-corrected chi connectivity index (χ1v) is 21.7. The number of anilines is 3. The fraction of sp³-hybridized carbons (Fsp3) is 0.0164. The number of fused-ring (bicyclic) bond motifs is 6. The number of nitrogens with zero attached hydrogens (tertiary/aromatic N) is 1. The lowest BCUT2D eigenvalue weighted by molar-refractivity contribution is 0.670. The maximum atomic E-state index is 6.53. The Hall–Kier alpha value is -8.20. The maximum Gasteiger partial charge on any atom is 0.143 e. The third-order valence-corrected chi connectivity index (χ3v) is 12.9. The highest BCUT2D eigenvalue weighted by Crippen LogP contribution is 2.56. The van der Waals surface area contributed by atoms with Crippen molar-refractivity contribution in [1.29, 1.82) is 0 Å². The van der Waals surface area contributed by atoms with Crippen LogP contribution < -0.4 is 4.90 Å². The summed E-state index contributed by atoms with van der Waals surface area (Å²) in [6, 6.07) is 90.1. The molecule has 0 radical (unpaired) electrons. The van der Waals surface area contributed by atoms with E-state index in [9.17, 15) is 0 Å². The molecule has 0 N–H and O–H groups in total. The van der Waals surface area contributed by atoms with Crippen LogP contribution in [0.1, 0.15) is 22.3 Å². The molecule has 1 aliphatic carbocycles. The highest BCUT2D eigenvalue weighted by atomic mass is 16.3. The fourth-order valence-corrected chi connectivity index (χ4v) is 10.1. The van der Waals surface area contributed by atoms with Crippen molar-refractivity contribution in [3.8, 4) is 44.5 Å². The molecule has 63 heavy (non-hydrogen) atoms. The van der Waals surface area contributed by atoms with Crippen molar-refractivity contribution in [2.24, 2.45) is 0 Å². The number of hydrogen-bond acceptors (Lipinski definition) is 2. The Morgan fingerprint density at radius 1 is 0.302 bits per heavy atom. The summed E-state index contributed by atoms with van der Waals surface area (Å²) in [5.74, 6) is 0. The van der Waals surface area contributed by atoms with Gasteiger partial charge in [0.15, 0.2) is 0 Å². The Kier molecular flexibility index (Phi) is 8.76. The molecule has 0 amide bonds. The summed E-state index contributed by atoms with van der Waals surface area (Å²) in [4.78, 5) is 2.37. The molecular formula is C61H41NO. The molecule has 0 unspecified atom stereocenters. The predicted molar refractivity (Wildman–Crippen MR) is 262 cm³/mol. The molecule has 12 rings (SSSR count). The van der Waals surface area contributed by atoms with E-state index < -0.39 is 5.41 Å². The number of para-hydroxylation sites is 2. The van der Waals surface area contributed by atoms with Gasteiger partial charge in [-0.25, -0.2) is 0 Å². The van der Waals surface area contributed by atoms with Crippen molar-refractivity contribution in [1.82, 2.24) is 0 Å². The van der Waals surface area contributed by atoms with Crippen LogP contribution in [0.25, 0.3) is 66.4 Å². The van der Waals surface area contributed by atoms with E-state index >= 15 is 0 Å². The van der Waals surface area contributed by atoms with Crippen LogP contribution in [0.4, 0.5) is 17.1 Å². The summed E-state index contributed by atoms with van der Waals surface area (Å²) in [6.07, 6.45) is 0. The van der Waals surface area contributed by atoms with E-state index in [1.54, 1.807) is 0 Å². The van der Waals surface area contributed by atoms with Gasteiger partial charge in [-0.1, -0.05) is 200 Å². The molecule has 2 nitrogen and oxygen atoms in total. The molecule has 0 atom stereocenters. The SMILES string of the molecule is c1ccc(-c2ccc(N(c3cccc(-c4ccc5c(c4)-c4ccccc4C5(c4ccccc4)c4ccccc4)c3)c3cccc(-c4cccc5c4oc4ccccc45)c3)cc2)cc1. The molecule has 1 heterocycles. The largest absolute Gasteiger partial charge is 0.455 e. The van der Waals surface area contributed by atoms with Crippen LogP contribution in [-0.2, 0) is 5.41 Å². The van der Waals surface area contributed by atoms with Crippen LogP contribution in [-0.4, -0.2) is 0 Å². The van der Waals surface area contributed by atoms with E-state index in [1.165, 1.54) is 50.1 Å². The molecule has 11 aromatic rings. The molecule has 0 saturated carbocycles. The Morgan fingerprint density at radius 3 is 1.56 bits per heavy atom. The number of hydrogen-bond donors (Lipinski definition) is 0. The predicted octanol–water partition coefficient (Wildman–Crippen LogP) is 16.4. The first-order valence-electron chi connectivity index (χ1n) is 21.7. The molecule has 1 aromatic heterocycles. The molecule has 296 valence electrons. The van der Waals surface area contributed by atoms with Gasteiger partial charge in [0.05, 0.1) is 5.41 Å². The van der Waals surface area contributed by atoms with E-state index in [0.717, 1.165) is 55.7 Å². The minimum absolute atomic E-state index is 0.435. The van der Waals surface area contributed by atoms with Gasteiger partial charge in [-0.15, -0.1) is 0 Å². The highest BCUT2D eigenvalue weighted by molar-refractivity contribution is 6.09. The lowest BCUT2D eigenvalue weighted by Gasteiger charge is -2.33. The lowest BCUT2D eigenvalue weighted by atomic mass is 9.67. The minimum Gasteiger partial charge on any atom is -0.455 e. The average molecular weight is 804 g/mol. The van der Waals surface area contributed by atoms with E-state index in [1.807, 2.05) is 12.1 Å². The molecule has 0 bridgehead atoms. The third kappa shape index (κ3) is 6.02. The van der Waals surface area contributed by atoms with Gasteiger partial charge in [0.1, 0.15) is 11.2 Å². The summed E-state index contributed by atoms with van der Waals surface area (Å²) in [5.41, 5.74) is 19.1. The van der Waals surface area contributed by atoms with E-state index in [-0.39, 0.29) is 0 Å². The van der Waals surface area contributed by atoms with Crippen LogP contribution in [0.15, 0.2) is 253 Å². The number of furan rings is 1. The second kappa shape index (κ2) is 15.1. The van der Waals surface area contributed by atoms with Gasteiger partial charge in [-0.3, -0.25) is 0 Å². The molecule has 0 fully saturated rings. The van der Waals surface area contributed by atoms with Crippen molar-refractivity contribution in [3.63, 3.8) is 0 Å². The fourth-order valence-electron chi connectivity index (χ4n) is 10.1. The molecule has 0 spiro atoms. The Morgan fingerprint density at radius 2 is 0.810 bits per heavy atom. The van der Waals surface area contributed by atoms with Crippen molar-refractivity contribution < 1.29 is 4.42 Å². The van der Waals surface area contributed by atoms with Gasteiger partial charge < -0.3 is 9.32 Å². The molecular weight excluding hydrogens is 763 g/mol. The zero-order valence-electron chi connectivity index (χ0n) is 34.5. The monoisotopic (exact) mass is 803 g/mol. The standard InChI is InChI=1S/C61H41NO/c1-4-17-42(18-5-1)43-33-36-49(37-34-43)62(51-26-15-20-46(40-51)52-29-16-30-55-54-28-11-13-32-59(54)63-60(52)55)50-25-14-19-44(39-50)45-35-38-58-56(41-45)53-27-10-12-31-57(53)61(58,47-21-6-2-7-22-47)48-23-8-3-9-24-48/h1-41H. The quantitative estimate of drug-likeness (QED) is 0.152. The first-order chi connectivity index (χ1) is 31.2. The number of rotatable bonds is 8. The van der Waals surface area contributed by atoms with E-state index in [4.69, 9.17) is 4.42 Å². The van der Waals surface area contributed by atoms with Gasteiger partial charge in [0.25, 0.3) is 0 Å². The molecule has 2 heteroatoms. The molecule has 0 aliphatic heterocycles. The van der Waals surface area contributed by atoms with Crippen molar-refractivity contribution in [2.75, 3.05) is 4.90 Å². The van der Waals surface area contributed by atoms with Crippen molar-refractivity contribution in [2.45, 2.75) is 5.41 Å². The number of benzene rings is 10. The zero-order chi connectivity index (χ0) is 41.7. The van der Waals surface area contributed by atoms with Crippen LogP contribution >= 0.6 is 0 Å². The Labute approximate surface area is 367 Å². The highest BCUT2D eigenvalue weighted by Gasteiger charge is 2.46. The maximum absolute atomic E-state index is 6.53. The Bertz CT molecular complexity index is 3400. The van der Waals surface area contributed by atoms with Gasteiger partial charge in [0.2, 0.25) is 0 Å². The lowest BCUT2D eigenvalue weighted by Crippen LogP contribution is -2.28. The second-order valence-corrected chi connectivity index (χ2v) is 16.4. The second-order valence-electron chi connectivity index (χ2n) is 16.4. The van der Waals surface area contributed by atoms with Crippen LogP contribution in [0.2, 0.25) is 0 Å². The van der Waals surface area contributed by atoms with Gasteiger partial charge >= 0.3 is 0 Å². The summed E-state index contributed by atoms with van der Waals surface area (Å²) in [5, 5.41) is 2.25. The van der Waals surface area contributed by atoms with E-state index in [2.05, 4.69) is 241 Å². The summed E-state index contributed by atoms with van der Waals surface area (Å²) in [6.45, 7) is 0. The summed E-state index contributed by atoms with van der Waals surface area (Å²) >= 11 is 0. The normalized spacial score (nSPS) is 12.6. The van der Waals surface area contributed by atoms with Crippen LogP contribution in [0, 0.1) is 0 Å². The van der Waals surface area contributed by atoms with Crippen LogP contribution in [0.3, 0.4) is 0 Å². The molecule has 10 aromatic carbocycles. The minimum atomic E-state index is -0.435. The smallest absolute Gasteiger partial charge is 0.143 e. The van der Waals surface area contributed by atoms with Gasteiger partial charge in [0, 0.05) is 33.4 Å². The van der Waals surface area contributed by atoms with Crippen molar-refractivity contribution >= 4 is 39.0 Å². The topological polar surface area (TPSA) is 16.4 Å². The van der Waals surface area contributed by atoms with Gasteiger partial charge in [-0.05, 0) is 110 Å². The molecule has 0 saturated heterocycles. The Balaban J connectivity index is 1.00. The van der Waals surface area contributed by atoms with Gasteiger partial charge in [-0.2, -0.15) is 0 Å². The van der Waals surface area contributed by atoms with Crippen molar-refractivity contribution in [3.05, 3.63) is 271 Å². The third-order valence-electron chi connectivity index (χ3n) is 12.9. The summed E-state index contributed by atoms with van der Waals surface area (Å²) < 4.78 is 6.53. The van der Waals surface area contributed by atoms with Crippen LogP contribution in [0.5, 0.6) is 0 Å². The average Bonchev–Trinajstić information content (AvgIpc) is 3.89. The first kappa shape index (κ1) is 36.6.